The topological polar surface area (TPSA) is 178 Å². The smallest absolute Gasteiger partial charge is 0.480 e. The first-order chi connectivity index (χ1) is 29.6. The van der Waals surface area contributed by atoms with Crippen molar-refractivity contribution in [2.45, 2.75) is 77.7 Å². The lowest BCUT2D eigenvalue weighted by Gasteiger charge is -2.42. The second kappa shape index (κ2) is 22.7. The van der Waals surface area contributed by atoms with E-state index in [-0.39, 0.29) is 53.7 Å². The quantitative estimate of drug-likeness (QED) is 0.0596. The fraction of sp³-hybridized carbons (Fsp3) is 0.455. The molecule has 342 valence electrons. The SMILES string of the molecule is CC(C)(C)C(c1cc(-c2cc(F)ccc2F)cn1Cc1ccccc1)N(CC1CCNC1)C(=O)CSCC(NC(=O)CCCCCN1C(=O)C=CC1=O)C(=O)O.O=C(O)C(F)(F)F. The van der Waals surface area contributed by atoms with Gasteiger partial charge in [-0.05, 0) is 73.5 Å². The van der Waals surface area contributed by atoms with Gasteiger partial charge < -0.3 is 30.3 Å². The van der Waals surface area contributed by atoms with Crippen LogP contribution in [0.2, 0.25) is 0 Å². The standard InChI is InChI=1S/C42H51F2N5O6S.C2HF3O2/c1-42(2,3)40(35-20-30(32-21-31(43)13-14-33(32)44)25-47(35)23-28-10-6-4-7-11-28)49(24-29-17-18-45-22-29)39(53)27-56-26-34(41(54)55)46-36(50)12-8-5-9-19-48-37(51)15-16-38(48)52;3-2(4,5)1(6)7/h4,6-7,10-11,13-16,20-21,25,29,34,40,45H,5,8-9,12,17-19,22-24,26-27H2,1-3H3,(H,46,50)(H,54,55);(H,6,7). The molecule has 1 aromatic heterocycles. The van der Waals surface area contributed by atoms with Crippen molar-refractivity contribution in [3.05, 3.63) is 95.8 Å². The molecule has 2 aliphatic heterocycles. The molecule has 0 saturated carbocycles. The van der Waals surface area contributed by atoms with Crippen LogP contribution >= 0.6 is 11.8 Å². The van der Waals surface area contributed by atoms with E-state index in [0.717, 1.165) is 59.6 Å². The first-order valence-corrected chi connectivity index (χ1v) is 21.4. The lowest BCUT2D eigenvalue weighted by atomic mass is 9.82. The van der Waals surface area contributed by atoms with Gasteiger partial charge in [0.25, 0.3) is 11.8 Å². The van der Waals surface area contributed by atoms with E-state index in [2.05, 4.69) is 10.6 Å². The number of aliphatic carboxylic acids is 2. The number of carbonyl (C=O) groups is 6. The summed E-state index contributed by atoms with van der Waals surface area (Å²) in [7, 11) is 0. The first-order valence-electron chi connectivity index (χ1n) is 20.3. The Morgan fingerprint density at radius 2 is 1.62 bits per heavy atom. The van der Waals surface area contributed by atoms with Crippen LogP contribution < -0.4 is 10.6 Å². The third-order valence-corrected chi connectivity index (χ3v) is 11.3. The lowest BCUT2D eigenvalue weighted by Crippen LogP contribution is -2.46. The minimum absolute atomic E-state index is 0.0363. The summed E-state index contributed by atoms with van der Waals surface area (Å²) in [6.07, 6.45) is 1.66. The lowest BCUT2D eigenvalue weighted by molar-refractivity contribution is -0.192. The Morgan fingerprint density at radius 1 is 0.952 bits per heavy atom. The second-order valence-corrected chi connectivity index (χ2v) is 17.3. The monoisotopic (exact) mass is 905 g/mol. The Labute approximate surface area is 366 Å². The largest absolute Gasteiger partial charge is 0.490 e. The predicted molar refractivity (Wildman–Crippen MR) is 225 cm³/mol. The molecule has 1 fully saturated rings. The maximum Gasteiger partial charge on any atom is 0.490 e. The van der Waals surface area contributed by atoms with Gasteiger partial charge in [-0.25, -0.2) is 18.4 Å². The first kappa shape index (κ1) is 50.1. The minimum Gasteiger partial charge on any atom is -0.480 e. The van der Waals surface area contributed by atoms with Crippen molar-refractivity contribution >= 4 is 47.3 Å². The number of halogens is 5. The molecule has 0 radical (unpaired) electrons. The summed E-state index contributed by atoms with van der Waals surface area (Å²) in [5, 5.41) is 23.0. The second-order valence-electron chi connectivity index (χ2n) is 16.3. The highest BCUT2D eigenvalue weighted by Gasteiger charge is 2.39. The number of nitrogens with zero attached hydrogens (tertiary/aromatic N) is 3. The molecule has 4 N–H and O–H groups in total. The Bertz CT molecular complexity index is 2100. The van der Waals surface area contributed by atoms with E-state index in [0.29, 0.717) is 37.9 Å². The van der Waals surface area contributed by atoms with Crippen molar-refractivity contribution in [1.82, 2.24) is 25.0 Å². The van der Waals surface area contributed by atoms with Crippen LogP contribution in [-0.2, 0) is 35.3 Å². The highest BCUT2D eigenvalue weighted by atomic mass is 32.2. The maximum atomic E-state index is 15.2. The maximum absolute atomic E-state index is 15.2. The van der Waals surface area contributed by atoms with Gasteiger partial charge in [-0.3, -0.25) is 24.1 Å². The number of hydrogen-bond acceptors (Lipinski definition) is 8. The normalized spacial score (nSPS) is 16.1. The molecular weight excluding hydrogens is 854 g/mol. The highest BCUT2D eigenvalue weighted by molar-refractivity contribution is 8.00. The molecule has 19 heteroatoms. The number of thioether (sulfide) groups is 1. The van der Waals surface area contributed by atoms with E-state index in [9.17, 15) is 46.6 Å². The van der Waals surface area contributed by atoms with Gasteiger partial charge >= 0.3 is 18.1 Å². The number of nitrogens with one attached hydrogen (secondary N) is 2. The van der Waals surface area contributed by atoms with E-state index in [1.807, 2.05) is 66.6 Å². The molecule has 3 heterocycles. The summed E-state index contributed by atoms with van der Waals surface area (Å²) in [6.45, 7) is 8.80. The molecule has 0 spiro atoms. The molecule has 63 heavy (non-hydrogen) atoms. The van der Waals surface area contributed by atoms with Crippen molar-refractivity contribution in [1.29, 1.82) is 0 Å². The summed E-state index contributed by atoms with van der Waals surface area (Å²) >= 11 is 1.13. The average Bonchev–Trinajstić information content (AvgIpc) is 3.95. The number of unbranched alkanes of at least 4 members (excludes halogenated alkanes) is 2. The zero-order chi connectivity index (χ0) is 46.5. The molecule has 3 unspecified atom stereocenters. The van der Waals surface area contributed by atoms with Gasteiger partial charge in [0.05, 0.1) is 11.8 Å². The van der Waals surface area contributed by atoms with Crippen molar-refractivity contribution in [2.24, 2.45) is 11.3 Å². The number of alkyl halides is 3. The van der Waals surface area contributed by atoms with Crippen LogP contribution in [0.1, 0.15) is 70.2 Å². The number of aromatic nitrogens is 1. The van der Waals surface area contributed by atoms with Crippen molar-refractivity contribution < 1.29 is 60.9 Å². The van der Waals surface area contributed by atoms with Crippen molar-refractivity contribution in [2.75, 3.05) is 37.7 Å². The fourth-order valence-corrected chi connectivity index (χ4v) is 8.20. The van der Waals surface area contributed by atoms with E-state index < -0.39 is 53.2 Å². The molecule has 4 amide bonds. The molecule has 0 aliphatic carbocycles. The van der Waals surface area contributed by atoms with E-state index in [4.69, 9.17) is 9.90 Å². The summed E-state index contributed by atoms with van der Waals surface area (Å²) < 4.78 is 63.4. The Kier molecular flexibility index (Phi) is 18.0. The summed E-state index contributed by atoms with van der Waals surface area (Å²) in [6, 6.07) is 13.2. The number of hydrogen-bond donors (Lipinski definition) is 4. The van der Waals surface area contributed by atoms with Gasteiger partial charge in [-0.1, -0.05) is 57.5 Å². The summed E-state index contributed by atoms with van der Waals surface area (Å²) in [5.41, 5.74) is 1.83. The molecule has 0 bridgehead atoms. The number of carboxylic acid groups (broad SMARTS) is 2. The third kappa shape index (κ3) is 15.0. The van der Waals surface area contributed by atoms with Gasteiger partial charge in [0.1, 0.15) is 17.7 Å². The van der Waals surface area contributed by atoms with Crippen LogP contribution in [0.4, 0.5) is 22.0 Å². The van der Waals surface area contributed by atoms with Gasteiger partial charge in [0, 0.05) is 67.0 Å². The summed E-state index contributed by atoms with van der Waals surface area (Å²) in [5.74, 6) is -6.35. The van der Waals surface area contributed by atoms with Crippen LogP contribution in [0.25, 0.3) is 11.1 Å². The molecule has 2 aromatic carbocycles. The van der Waals surface area contributed by atoms with Gasteiger partial charge in [0.15, 0.2) is 0 Å². The van der Waals surface area contributed by atoms with Crippen molar-refractivity contribution in [3.63, 3.8) is 0 Å². The molecule has 2 aliphatic rings. The number of carboxylic acids is 2. The van der Waals surface area contributed by atoms with E-state index in [1.54, 1.807) is 6.20 Å². The zero-order valence-electron chi connectivity index (χ0n) is 35.1. The van der Waals surface area contributed by atoms with Crippen LogP contribution in [-0.4, -0.2) is 110 Å². The summed E-state index contributed by atoms with van der Waals surface area (Å²) in [4.78, 5) is 74.6. The van der Waals surface area contributed by atoms with Gasteiger partial charge in [-0.2, -0.15) is 13.2 Å². The molecule has 1 saturated heterocycles. The average molecular weight is 906 g/mol. The number of imide groups is 1. The molecule has 13 nitrogen and oxygen atoms in total. The van der Waals surface area contributed by atoms with Crippen LogP contribution in [0.5, 0.6) is 0 Å². The number of rotatable bonds is 19. The Balaban J connectivity index is 0.00000115. The Morgan fingerprint density at radius 3 is 2.21 bits per heavy atom. The molecule has 5 rings (SSSR count). The molecule has 3 atom stereocenters. The van der Waals surface area contributed by atoms with Crippen LogP contribution in [0.15, 0.2) is 72.9 Å². The number of benzene rings is 2. The van der Waals surface area contributed by atoms with Crippen molar-refractivity contribution in [3.8, 4) is 11.1 Å². The fourth-order valence-electron chi connectivity index (χ4n) is 7.28. The zero-order valence-corrected chi connectivity index (χ0v) is 35.9. The van der Waals surface area contributed by atoms with E-state index in [1.165, 1.54) is 18.2 Å². The van der Waals surface area contributed by atoms with Gasteiger partial charge in [0.2, 0.25) is 11.8 Å². The van der Waals surface area contributed by atoms with Gasteiger partial charge in [-0.15, -0.1) is 11.8 Å². The predicted octanol–water partition coefficient (Wildman–Crippen LogP) is 6.43. The number of amides is 4. The third-order valence-electron chi connectivity index (χ3n) is 10.3. The minimum atomic E-state index is -5.08. The number of carbonyl (C=O) groups excluding carboxylic acids is 4. The molecule has 3 aromatic rings. The van der Waals surface area contributed by atoms with E-state index >= 15 is 4.39 Å². The highest BCUT2D eigenvalue weighted by Crippen LogP contribution is 2.42. The Hall–Kier alpha value is -5.56. The van der Waals surface area contributed by atoms with Crippen LogP contribution in [0, 0.1) is 23.0 Å². The molecular formula is C44H52F5N5O8S. The van der Waals surface area contributed by atoms with Crippen LogP contribution in [0.3, 0.4) is 0 Å².